The molecule has 0 bridgehead atoms. The van der Waals surface area contributed by atoms with Gasteiger partial charge < -0.3 is 5.32 Å². The van der Waals surface area contributed by atoms with Crippen molar-refractivity contribution in [2.75, 3.05) is 11.9 Å². The summed E-state index contributed by atoms with van der Waals surface area (Å²) in [4.78, 5) is 4.27. The Bertz CT molecular complexity index is 305. The zero-order valence-electron chi connectivity index (χ0n) is 7.01. The molecule has 2 nitrogen and oxygen atoms in total. The van der Waals surface area contributed by atoms with Gasteiger partial charge in [-0.2, -0.15) is 0 Å². The molecule has 0 fully saturated rings. The molecule has 62 valence electrons. The summed E-state index contributed by atoms with van der Waals surface area (Å²) < 4.78 is 0. The number of rotatable bonds is 1. The lowest BCUT2D eigenvalue weighted by atomic mass is 10.0. The number of aromatic nitrogens is 1. The Morgan fingerprint density at radius 3 is 3.33 bits per heavy atom. The van der Waals surface area contributed by atoms with E-state index in [0.717, 1.165) is 18.8 Å². The van der Waals surface area contributed by atoms with Crippen LogP contribution in [0.5, 0.6) is 0 Å². The standard InChI is InChI=1S/C10H12N2/c1-2-8-5-7-12-10-9(8)4-3-6-11-10/h2,5,7H,1,3-4,6H2,(H,11,12). The molecule has 1 aromatic heterocycles. The number of anilines is 1. The summed E-state index contributed by atoms with van der Waals surface area (Å²) in [5.41, 5.74) is 2.53. The lowest BCUT2D eigenvalue weighted by Gasteiger charge is -2.18. The van der Waals surface area contributed by atoms with E-state index in [4.69, 9.17) is 0 Å². The Kier molecular flexibility index (Phi) is 1.82. The number of nitrogens with one attached hydrogen (secondary N) is 1. The molecule has 0 spiro atoms. The predicted molar refractivity (Wildman–Crippen MR) is 51.1 cm³/mol. The average molecular weight is 160 g/mol. The quantitative estimate of drug-likeness (QED) is 0.680. The molecule has 0 aliphatic carbocycles. The van der Waals surface area contributed by atoms with Crippen LogP contribution in [-0.4, -0.2) is 11.5 Å². The van der Waals surface area contributed by atoms with Gasteiger partial charge in [-0.1, -0.05) is 12.7 Å². The van der Waals surface area contributed by atoms with Crippen molar-refractivity contribution < 1.29 is 0 Å². The second-order valence-corrected chi connectivity index (χ2v) is 2.96. The van der Waals surface area contributed by atoms with Crippen molar-refractivity contribution in [1.82, 2.24) is 4.98 Å². The summed E-state index contributed by atoms with van der Waals surface area (Å²) in [7, 11) is 0. The Labute approximate surface area is 72.3 Å². The minimum Gasteiger partial charge on any atom is -0.370 e. The highest BCUT2D eigenvalue weighted by atomic mass is 15.0. The van der Waals surface area contributed by atoms with Crippen LogP contribution in [0.25, 0.3) is 6.08 Å². The maximum absolute atomic E-state index is 4.27. The molecular weight excluding hydrogens is 148 g/mol. The third kappa shape index (κ3) is 1.09. The molecule has 12 heavy (non-hydrogen) atoms. The van der Waals surface area contributed by atoms with Crippen LogP contribution >= 0.6 is 0 Å². The number of hydrogen-bond acceptors (Lipinski definition) is 2. The number of nitrogens with zero attached hydrogens (tertiary/aromatic N) is 1. The molecule has 0 saturated carbocycles. The number of hydrogen-bond donors (Lipinski definition) is 1. The highest BCUT2D eigenvalue weighted by Crippen LogP contribution is 2.23. The first-order valence-corrected chi connectivity index (χ1v) is 4.26. The Balaban J connectivity index is 2.51. The molecule has 1 aliphatic heterocycles. The van der Waals surface area contributed by atoms with Gasteiger partial charge in [0, 0.05) is 18.3 Å². The van der Waals surface area contributed by atoms with Crippen molar-refractivity contribution in [3.63, 3.8) is 0 Å². The second-order valence-electron chi connectivity index (χ2n) is 2.96. The number of fused-ring (bicyclic) bond motifs is 1. The van der Waals surface area contributed by atoms with Gasteiger partial charge in [-0.25, -0.2) is 4.98 Å². The van der Waals surface area contributed by atoms with E-state index in [1.807, 2.05) is 18.3 Å². The van der Waals surface area contributed by atoms with Crippen molar-refractivity contribution in [3.05, 3.63) is 30.0 Å². The summed E-state index contributed by atoms with van der Waals surface area (Å²) in [6, 6.07) is 2.01. The van der Waals surface area contributed by atoms with Crippen molar-refractivity contribution in [3.8, 4) is 0 Å². The van der Waals surface area contributed by atoms with E-state index in [1.165, 1.54) is 17.5 Å². The first kappa shape index (κ1) is 7.35. The first-order chi connectivity index (χ1) is 5.92. The first-order valence-electron chi connectivity index (χ1n) is 4.26. The molecule has 2 rings (SSSR count). The fourth-order valence-electron chi connectivity index (χ4n) is 1.59. The summed E-state index contributed by atoms with van der Waals surface area (Å²) in [5.74, 6) is 1.04. The summed E-state index contributed by atoms with van der Waals surface area (Å²) in [6.07, 6.45) is 6.04. The highest BCUT2D eigenvalue weighted by Gasteiger charge is 2.11. The van der Waals surface area contributed by atoms with Crippen molar-refractivity contribution >= 4 is 11.9 Å². The summed E-state index contributed by atoms with van der Waals surface area (Å²) in [6.45, 7) is 4.83. The van der Waals surface area contributed by atoms with Crippen LogP contribution in [0, 0.1) is 0 Å². The van der Waals surface area contributed by atoms with E-state index < -0.39 is 0 Å². The van der Waals surface area contributed by atoms with Crippen LogP contribution in [0.4, 0.5) is 5.82 Å². The smallest absolute Gasteiger partial charge is 0.129 e. The van der Waals surface area contributed by atoms with Gasteiger partial charge in [-0.3, -0.25) is 0 Å². The fraction of sp³-hybridized carbons (Fsp3) is 0.300. The van der Waals surface area contributed by atoms with Crippen molar-refractivity contribution in [2.24, 2.45) is 0 Å². The van der Waals surface area contributed by atoms with Crippen LogP contribution < -0.4 is 5.32 Å². The zero-order chi connectivity index (χ0) is 8.39. The van der Waals surface area contributed by atoms with Gasteiger partial charge in [0.1, 0.15) is 5.82 Å². The second kappa shape index (κ2) is 2.97. The minimum atomic E-state index is 1.04. The molecule has 1 aromatic rings. The molecule has 2 heteroatoms. The van der Waals surface area contributed by atoms with Gasteiger partial charge in [0.05, 0.1) is 0 Å². The Morgan fingerprint density at radius 1 is 1.58 bits per heavy atom. The topological polar surface area (TPSA) is 24.9 Å². The maximum Gasteiger partial charge on any atom is 0.129 e. The molecule has 0 atom stereocenters. The van der Waals surface area contributed by atoms with Gasteiger partial charge in [-0.15, -0.1) is 0 Å². The molecule has 0 unspecified atom stereocenters. The van der Waals surface area contributed by atoms with E-state index in [1.54, 1.807) is 0 Å². The molecule has 0 saturated heterocycles. The van der Waals surface area contributed by atoms with E-state index in [9.17, 15) is 0 Å². The van der Waals surface area contributed by atoms with Crippen LogP contribution in [0.15, 0.2) is 18.8 Å². The van der Waals surface area contributed by atoms with Gasteiger partial charge in [0.25, 0.3) is 0 Å². The Morgan fingerprint density at radius 2 is 2.50 bits per heavy atom. The monoisotopic (exact) mass is 160 g/mol. The molecule has 1 aliphatic rings. The van der Waals surface area contributed by atoms with E-state index in [-0.39, 0.29) is 0 Å². The van der Waals surface area contributed by atoms with E-state index in [2.05, 4.69) is 16.9 Å². The Hall–Kier alpha value is -1.31. The van der Waals surface area contributed by atoms with Gasteiger partial charge in [0.15, 0.2) is 0 Å². The SMILES string of the molecule is C=Cc1ccnc2c1CCCN2. The third-order valence-electron chi connectivity index (χ3n) is 2.21. The largest absolute Gasteiger partial charge is 0.370 e. The molecule has 2 heterocycles. The van der Waals surface area contributed by atoms with Crippen LogP contribution in [0.2, 0.25) is 0 Å². The molecular formula is C10H12N2. The molecule has 1 N–H and O–H groups in total. The third-order valence-corrected chi connectivity index (χ3v) is 2.21. The predicted octanol–water partition coefficient (Wildman–Crippen LogP) is 2.08. The van der Waals surface area contributed by atoms with Gasteiger partial charge in [0.2, 0.25) is 0 Å². The summed E-state index contributed by atoms with van der Waals surface area (Å²) >= 11 is 0. The maximum atomic E-state index is 4.27. The van der Waals surface area contributed by atoms with Crippen LogP contribution in [0.1, 0.15) is 17.5 Å². The van der Waals surface area contributed by atoms with Crippen LogP contribution in [0.3, 0.4) is 0 Å². The molecule has 0 radical (unpaired) electrons. The van der Waals surface area contributed by atoms with Crippen molar-refractivity contribution in [1.29, 1.82) is 0 Å². The molecule has 0 amide bonds. The van der Waals surface area contributed by atoms with Gasteiger partial charge in [-0.05, 0) is 24.5 Å². The highest BCUT2D eigenvalue weighted by molar-refractivity contribution is 5.60. The van der Waals surface area contributed by atoms with Crippen LogP contribution in [-0.2, 0) is 6.42 Å². The minimum absolute atomic E-state index is 1.04. The van der Waals surface area contributed by atoms with E-state index >= 15 is 0 Å². The number of pyridine rings is 1. The van der Waals surface area contributed by atoms with E-state index in [0.29, 0.717) is 0 Å². The normalized spacial score (nSPS) is 14.7. The lowest BCUT2D eigenvalue weighted by Crippen LogP contribution is -2.14. The summed E-state index contributed by atoms with van der Waals surface area (Å²) in [5, 5.41) is 3.28. The zero-order valence-corrected chi connectivity index (χ0v) is 7.01. The van der Waals surface area contributed by atoms with Gasteiger partial charge >= 0.3 is 0 Å². The van der Waals surface area contributed by atoms with Crippen molar-refractivity contribution in [2.45, 2.75) is 12.8 Å². The average Bonchev–Trinajstić information content (AvgIpc) is 2.17. The lowest BCUT2D eigenvalue weighted by molar-refractivity contribution is 0.816. The fourth-order valence-corrected chi connectivity index (χ4v) is 1.59. The molecule has 0 aromatic carbocycles.